The number of benzene rings is 1. The van der Waals surface area contributed by atoms with Crippen LogP contribution in [-0.2, 0) is 13.6 Å². The van der Waals surface area contributed by atoms with Gasteiger partial charge in [-0.1, -0.05) is 0 Å². The number of rotatable bonds is 2. The summed E-state index contributed by atoms with van der Waals surface area (Å²) in [5.74, 6) is 2.16. The van der Waals surface area contributed by atoms with Crippen molar-refractivity contribution in [3.63, 3.8) is 0 Å². The van der Waals surface area contributed by atoms with Crippen LogP contribution in [0.25, 0.3) is 0 Å². The highest BCUT2D eigenvalue weighted by Gasteiger charge is 2.21. The van der Waals surface area contributed by atoms with Crippen molar-refractivity contribution >= 4 is 11.8 Å². The van der Waals surface area contributed by atoms with Gasteiger partial charge in [0.15, 0.2) is 0 Å². The summed E-state index contributed by atoms with van der Waals surface area (Å²) in [5, 5.41) is 6.88. The summed E-state index contributed by atoms with van der Waals surface area (Å²) >= 11 is 0. The zero-order valence-electron chi connectivity index (χ0n) is 12.6. The number of urea groups is 1. The SMILES string of the molecule is COc1ccc2c(c1)OCCN(C(=O)Nc1ccnn1C)C2. The fourth-order valence-electron chi connectivity index (χ4n) is 2.34. The number of amides is 2. The van der Waals surface area contributed by atoms with Gasteiger partial charge in [0.2, 0.25) is 0 Å². The van der Waals surface area contributed by atoms with E-state index < -0.39 is 0 Å². The van der Waals surface area contributed by atoms with Crippen molar-refractivity contribution in [1.82, 2.24) is 14.7 Å². The Morgan fingerprint density at radius 1 is 1.41 bits per heavy atom. The second kappa shape index (κ2) is 5.97. The first-order valence-electron chi connectivity index (χ1n) is 7.01. The summed E-state index contributed by atoms with van der Waals surface area (Å²) in [4.78, 5) is 14.1. The maximum absolute atomic E-state index is 12.4. The number of aromatic nitrogens is 2. The number of hydrogen-bond donors (Lipinski definition) is 1. The molecular formula is C15H18N4O3. The molecule has 22 heavy (non-hydrogen) atoms. The molecule has 7 nitrogen and oxygen atoms in total. The zero-order valence-corrected chi connectivity index (χ0v) is 12.6. The van der Waals surface area contributed by atoms with Crippen LogP contribution in [0, 0.1) is 0 Å². The Morgan fingerprint density at radius 3 is 3.00 bits per heavy atom. The summed E-state index contributed by atoms with van der Waals surface area (Å²) in [6.45, 7) is 1.45. The quantitative estimate of drug-likeness (QED) is 0.919. The molecule has 0 aliphatic carbocycles. The van der Waals surface area contributed by atoms with Crippen LogP contribution in [0.5, 0.6) is 11.5 Å². The number of carbonyl (C=O) groups excluding carboxylic acids is 1. The van der Waals surface area contributed by atoms with Gasteiger partial charge in [-0.2, -0.15) is 5.10 Å². The number of fused-ring (bicyclic) bond motifs is 1. The third-order valence-corrected chi connectivity index (χ3v) is 3.60. The monoisotopic (exact) mass is 302 g/mol. The molecule has 2 heterocycles. The number of hydrogen-bond acceptors (Lipinski definition) is 4. The molecule has 0 atom stereocenters. The number of anilines is 1. The van der Waals surface area contributed by atoms with Gasteiger partial charge in [-0.25, -0.2) is 4.79 Å². The molecule has 0 fully saturated rings. The smallest absolute Gasteiger partial charge is 0.323 e. The molecular weight excluding hydrogens is 284 g/mol. The second-order valence-corrected chi connectivity index (χ2v) is 5.01. The van der Waals surface area contributed by atoms with Crippen molar-refractivity contribution < 1.29 is 14.3 Å². The van der Waals surface area contributed by atoms with E-state index in [9.17, 15) is 4.79 Å². The zero-order chi connectivity index (χ0) is 15.5. The van der Waals surface area contributed by atoms with E-state index in [0.29, 0.717) is 25.5 Å². The van der Waals surface area contributed by atoms with Gasteiger partial charge in [0.25, 0.3) is 0 Å². The average Bonchev–Trinajstić information content (AvgIpc) is 2.81. The van der Waals surface area contributed by atoms with Crippen LogP contribution < -0.4 is 14.8 Å². The number of carbonyl (C=O) groups is 1. The highest BCUT2D eigenvalue weighted by Crippen LogP contribution is 2.28. The summed E-state index contributed by atoms with van der Waals surface area (Å²) < 4.78 is 12.5. The van der Waals surface area contributed by atoms with Crippen LogP contribution in [0.15, 0.2) is 30.5 Å². The Kier molecular flexibility index (Phi) is 3.86. The van der Waals surface area contributed by atoms with Gasteiger partial charge in [0.05, 0.1) is 26.4 Å². The molecule has 0 saturated heterocycles. The van der Waals surface area contributed by atoms with Gasteiger partial charge in [-0.15, -0.1) is 0 Å². The van der Waals surface area contributed by atoms with Gasteiger partial charge in [-0.05, 0) is 12.1 Å². The van der Waals surface area contributed by atoms with Crippen molar-refractivity contribution in [3.05, 3.63) is 36.0 Å². The first kappa shape index (κ1) is 14.2. The lowest BCUT2D eigenvalue weighted by Gasteiger charge is -2.20. The van der Waals surface area contributed by atoms with Crippen LogP contribution in [-0.4, -0.2) is 41.0 Å². The maximum Gasteiger partial charge on any atom is 0.323 e. The molecule has 7 heteroatoms. The molecule has 0 bridgehead atoms. The molecule has 0 unspecified atom stereocenters. The molecule has 2 amide bonds. The van der Waals surface area contributed by atoms with Gasteiger partial charge in [0.1, 0.15) is 23.9 Å². The van der Waals surface area contributed by atoms with Crippen LogP contribution in [0.3, 0.4) is 0 Å². The number of nitrogens with zero attached hydrogens (tertiary/aromatic N) is 3. The molecule has 0 spiro atoms. The lowest BCUT2D eigenvalue weighted by Crippen LogP contribution is -2.36. The van der Waals surface area contributed by atoms with E-state index in [-0.39, 0.29) is 6.03 Å². The van der Waals surface area contributed by atoms with Crippen LogP contribution in [0.4, 0.5) is 10.6 Å². The fraction of sp³-hybridized carbons (Fsp3) is 0.333. The summed E-state index contributed by atoms with van der Waals surface area (Å²) in [5.41, 5.74) is 0.957. The van der Waals surface area contributed by atoms with Crippen molar-refractivity contribution in [3.8, 4) is 11.5 Å². The molecule has 0 saturated carbocycles. The summed E-state index contributed by atoms with van der Waals surface area (Å²) in [6.07, 6.45) is 1.64. The number of aryl methyl sites for hydroxylation is 1. The van der Waals surface area contributed by atoms with Crippen molar-refractivity contribution in [2.45, 2.75) is 6.54 Å². The van der Waals surface area contributed by atoms with Gasteiger partial charge < -0.3 is 14.4 Å². The molecule has 0 radical (unpaired) electrons. The normalized spacial score (nSPS) is 13.8. The third-order valence-electron chi connectivity index (χ3n) is 3.60. The van der Waals surface area contributed by atoms with Crippen molar-refractivity contribution in [1.29, 1.82) is 0 Å². The highest BCUT2D eigenvalue weighted by molar-refractivity contribution is 5.88. The maximum atomic E-state index is 12.4. The number of ether oxygens (including phenoxy) is 2. The van der Waals surface area contributed by atoms with Crippen molar-refractivity contribution in [2.24, 2.45) is 7.05 Å². The van der Waals surface area contributed by atoms with E-state index in [2.05, 4.69) is 10.4 Å². The lowest BCUT2D eigenvalue weighted by molar-refractivity contribution is 0.200. The Hall–Kier alpha value is -2.70. The molecule has 2 aromatic rings. The Bertz CT molecular complexity index is 683. The number of methoxy groups -OCH3 is 1. The Labute approximate surface area is 128 Å². The largest absolute Gasteiger partial charge is 0.497 e. The third kappa shape index (κ3) is 2.83. The first-order chi connectivity index (χ1) is 10.7. The Morgan fingerprint density at radius 2 is 2.27 bits per heavy atom. The van der Waals surface area contributed by atoms with E-state index in [4.69, 9.17) is 9.47 Å². The number of nitrogens with one attached hydrogen (secondary N) is 1. The van der Waals surface area contributed by atoms with Crippen LogP contribution in [0.2, 0.25) is 0 Å². The lowest BCUT2D eigenvalue weighted by atomic mass is 10.2. The van der Waals surface area contributed by atoms with Gasteiger partial charge in [0, 0.05) is 24.7 Å². The predicted octanol–water partition coefficient (Wildman–Crippen LogP) is 1.86. The van der Waals surface area contributed by atoms with Gasteiger partial charge >= 0.3 is 6.03 Å². The molecule has 1 N–H and O–H groups in total. The molecule has 1 aliphatic heterocycles. The van der Waals surface area contributed by atoms with Gasteiger partial charge in [-0.3, -0.25) is 10.00 Å². The minimum atomic E-state index is -0.170. The molecule has 1 aromatic heterocycles. The van der Waals surface area contributed by atoms with E-state index in [0.717, 1.165) is 17.1 Å². The van der Waals surface area contributed by atoms with E-state index >= 15 is 0 Å². The predicted molar refractivity (Wildman–Crippen MR) is 81.1 cm³/mol. The topological polar surface area (TPSA) is 68.6 Å². The molecule has 1 aliphatic rings. The molecule has 116 valence electrons. The second-order valence-electron chi connectivity index (χ2n) is 5.01. The van der Waals surface area contributed by atoms with Crippen LogP contribution in [0.1, 0.15) is 5.56 Å². The first-order valence-corrected chi connectivity index (χ1v) is 7.01. The summed E-state index contributed by atoms with van der Waals surface area (Å²) in [7, 11) is 3.40. The van der Waals surface area contributed by atoms with E-state index in [1.807, 2.05) is 18.2 Å². The average molecular weight is 302 g/mol. The van der Waals surface area contributed by atoms with E-state index in [1.54, 1.807) is 36.0 Å². The van der Waals surface area contributed by atoms with Crippen LogP contribution >= 0.6 is 0 Å². The highest BCUT2D eigenvalue weighted by atomic mass is 16.5. The summed E-state index contributed by atoms with van der Waals surface area (Å²) in [6, 6.07) is 7.22. The fourth-order valence-corrected chi connectivity index (χ4v) is 2.34. The Balaban J connectivity index is 1.75. The standard InChI is InChI=1S/C15H18N4O3/c1-18-14(5-6-16-18)17-15(20)19-7-8-22-13-9-12(21-2)4-3-11(13)10-19/h3-6,9H,7-8,10H2,1-2H3,(H,17,20). The minimum Gasteiger partial charge on any atom is -0.497 e. The molecule has 1 aromatic carbocycles. The van der Waals surface area contributed by atoms with Crippen molar-refractivity contribution in [2.75, 3.05) is 25.6 Å². The van der Waals surface area contributed by atoms with E-state index in [1.165, 1.54) is 0 Å². The minimum absolute atomic E-state index is 0.170. The molecule has 3 rings (SSSR count).